The Balaban J connectivity index is 0.000000769. The molecular weight excluding hydrogens is 434 g/mol. The van der Waals surface area contributed by atoms with Crippen LogP contribution in [0.15, 0.2) is 22.5 Å². The van der Waals surface area contributed by atoms with Crippen molar-refractivity contribution < 1.29 is 33.0 Å². The molecule has 0 aliphatic rings. The average Bonchev–Trinajstić information content (AvgIpc) is 2.95. The average molecular weight is 454 g/mol. The number of nitrogens with two attached hydrogens (primary N) is 2. The van der Waals surface area contributed by atoms with E-state index in [2.05, 4.69) is 9.98 Å². The number of nitrogens with one attached hydrogen (secondary N) is 1. The zero-order chi connectivity index (χ0) is 21.7. The minimum Gasteiger partial charge on any atom is -0.478 e. The molecule has 0 aliphatic carbocycles. The number of amides is 1. The molecule has 0 bridgehead atoms. The van der Waals surface area contributed by atoms with Crippen LogP contribution in [0.25, 0.3) is 0 Å². The molecule has 1 aromatic rings. The maximum atomic E-state index is 11.2. The van der Waals surface area contributed by atoms with E-state index < -0.39 is 27.9 Å². The van der Waals surface area contributed by atoms with Gasteiger partial charge in [0.1, 0.15) is 0 Å². The maximum absolute atomic E-state index is 11.2. The molecule has 28 heavy (non-hydrogen) atoms. The van der Waals surface area contributed by atoms with Gasteiger partial charge in [0.25, 0.3) is 0 Å². The number of guanidine groups is 1. The van der Waals surface area contributed by atoms with Gasteiger partial charge in [-0.25, -0.2) is 23.0 Å². The molecule has 0 saturated heterocycles. The lowest BCUT2D eigenvalue weighted by atomic mass is 10.5. The number of sulfonamides is 1. The number of carbonyl (C=O) groups is 3. The molecule has 1 heterocycles. The summed E-state index contributed by atoms with van der Waals surface area (Å²) in [5.41, 5.74) is 11.3. The van der Waals surface area contributed by atoms with Crippen LogP contribution in [-0.2, 0) is 30.2 Å². The number of aliphatic imine (C=N–C) groups is 1. The number of rotatable bonds is 9. The van der Waals surface area contributed by atoms with Crippen LogP contribution in [0.5, 0.6) is 0 Å². The minimum absolute atomic E-state index is 0.0454. The van der Waals surface area contributed by atoms with E-state index in [9.17, 15) is 22.8 Å². The second kappa shape index (κ2) is 12.7. The lowest BCUT2D eigenvalue weighted by molar-refractivity contribution is -0.134. The van der Waals surface area contributed by atoms with Crippen LogP contribution in [0, 0.1) is 0 Å². The van der Waals surface area contributed by atoms with Gasteiger partial charge in [0, 0.05) is 35.5 Å². The Morgan fingerprint density at radius 2 is 1.86 bits per heavy atom. The van der Waals surface area contributed by atoms with Crippen LogP contribution in [0.4, 0.5) is 5.13 Å². The lowest BCUT2D eigenvalue weighted by Crippen LogP contribution is -2.29. The number of carboxylic acids is 2. The topological polar surface area (TPSA) is 215 Å². The van der Waals surface area contributed by atoms with E-state index in [0.29, 0.717) is 28.8 Å². The summed E-state index contributed by atoms with van der Waals surface area (Å²) in [5, 5.41) is 17.9. The van der Waals surface area contributed by atoms with Crippen LogP contribution in [0.1, 0.15) is 12.1 Å². The molecule has 0 atom stereocenters. The summed E-state index contributed by atoms with van der Waals surface area (Å²) in [6.45, 7) is 0. The predicted octanol–water partition coefficient (Wildman–Crippen LogP) is -0.541. The fraction of sp³-hybridized carbons (Fsp3) is 0.308. The minimum atomic E-state index is -3.48. The number of aromatic nitrogens is 1. The van der Waals surface area contributed by atoms with Crippen molar-refractivity contribution >= 4 is 62.1 Å². The zero-order valence-electron chi connectivity index (χ0n) is 14.6. The predicted molar refractivity (Wildman–Crippen MR) is 106 cm³/mol. The van der Waals surface area contributed by atoms with Crippen LogP contribution in [-0.4, -0.2) is 59.4 Å². The summed E-state index contributed by atoms with van der Waals surface area (Å²) in [6, 6.07) is 0. The van der Waals surface area contributed by atoms with Crippen molar-refractivity contribution in [2.24, 2.45) is 16.5 Å². The second-order valence-corrected chi connectivity index (χ2v) is 8.46. The zero-order valence-corrected chi connectivity index (χ0v) is 17.0. The van der Waals surface area contributed by atoms with Crippen LogP contribution in [0.2, 0.25) is 0 Å². The van der Waals surface area contributed by atoms with Crippen molar-refractivity contribution in [1.29, 1.82) is 0 Å². The molecule has 1 rings (SSSR count). The number of hydrogen-bond acceptors (Lipinski definition) is 9. The molecule has 0 saturated carbocycles. The molecule has 0 unspecified atom stereocenters. The van der Waals surface area contributed by atoms with Gasteiger partial charge in [0.05, 0.1) is 11.9 Å². The third-order valence-electron chi connectivity index (χ3n) is 2.16. The summed E-state index contributed by atoms with van der Waals surface area (Å²) in [5.74, 6) is -1.98. The number of nitrogens with zero attached hydrogens (tertiary/aromatic N) is 2. The first kappa shape index (κ1) is 25.4. The van der Waals surface area contributed by atoms with Crippen molar-refractivity contribution in [3.05, 3.63) is 23.2 Å². The van der Waals surface area contributed by atoms with Crippen molar-refractivity contribution in [2.45, 2.75) is 12.2 Å². The fourth-order valence-electron chi connectivity index (χ4n) is 1.27. The molecular formula is C13H19N5O7S3. The van der Waals surface area contributed by atoms with Gasteiger partial charge in [0.2, 0.25) is 21.1 Å². The van der Waals surface area contributed by atoms with Crippen molar-refractivity contribution in [2.75, 3.05) is 12.0 Å². The summed E-state index contributed by atoms with van der Waals surface area (Å²) in [4.78, 5) is 38.3. The monoisotopic (exact) mass is 453 g/mol. The van der Waals surface area contributed by atoms with Gasteiger partial charge in [-0.05, 0) is 0 Å². The van der Waals surface area contributed by atoms with Crippen molar-refractivity contribution in [3.63, 3.8) is 0 Å². The number of carboxylic acid groups (broad SMARTS) is 2. The number of carbonyl (C=O) groups excluding carboxylic acids is 1. The lowest BCUT2D eigenvalue weighted by Gasteiger charge is -2.01. The summed E-state index contributed by atoms with van der Waals surface area (Å²) in [7, 11) is -3.48. The highest BCUT2D eigenvalue weighted by atomic mass is 32.2. The Kier molecular flexibility index (Phi) is 11.5. The Labute approximate surface area is 168 Å². The molecule has 0 aliphatic heterocycles. The highest BCUT2D eigenvalue weighted by molar-refractivity contribution is 7.98. The second-order valence-electron chi connectivity index (χ2n) is 4.77. The van der Waals surface area contributed by atoms with Crippen LogP contribution >= 0.6 is 23.1 Å². The Morgan fingerprint density at radius 1 is 1.29 bits per heavy atom. The number of hydrogen-bond donors (Lipinski definition) is 5. The van der Waals surface area contributed by atoms with E-state index in [1.165, 1.54) is 23.1 Å². The van der Waals surface area contributed by atoms with Crippen molar-refractivity contribution in [3.8, 4) is 0 Å². The van der Waals surface area contributed by atoms with Crippen LogP contribution < -0.4 is 16.2 Å². The molecule has 0 radical (unpaired) electrons. The SMILES string of the molecule is CS(=O)(=O)NC(=O)CCSCc1csc(N=C(N)N)n1.O=C(O)/C=C\C(=O)O. The number of thiazole rings is 1. The Morgan fingerprint density at radius 3 is 2.32 bits per heavy atom. The standard InChI is InChI=1S/C9H15N5O3S3.C4H4O4/c1-20(16,17)14-7(15)2-3-18-4-6-5-19-9(12-6)13-8(10)11;5-3(6)1-2-4(7)8/h5H,2-4H2,1H3,(H,14,15)(H4,10,11,12,13);1-2H,(H,5,6)(H,7,8)/b;2-1-. The van der Waals surface area contributed by atoms with E-state index in [1.54, 1.807) is 0 Å². The maximum Gasteiger partial charge on any atom is 0.328 e. The molecule has 1 aromatic heterocycles. The molecule has 0 spiro atoms. The molecule has 156 valence electrons. The Hall–Kier alpha value is -2.65. The summed E-state index contributed by atoms with van der Waals surface area (Å²) < 4.78 is 23.5. The highest BCUT2D eigenvalue weighted by Crippen LogP contribution is 2.21. The first-order valence-corrected chi connectivity index (χ1v) is 11.1. The van der Waals surface area contributed by atoms with Gasteiger partial charge >= 0.3 is 11.9 Å². The van der Waals surface area contributed by atoms with Gasteiger partial charge < -0.3 is 21.7 Å². The molecule has 7 N–H and O–H groups in total. The molecule has 12 nitrogen and oxygen atoms in total. The van der Waals surface area contributed by atoms with Gasteiger partial charge in [-0.1, -0.05) is 0 Å². The smallest absolute Gasteiger partial charge is 0.328 e. The summed E-state index contributed by atoms with van der Waals surface area (Å²) in [6.07, 6.45) is 2.19. The quantitative estimate of drug-likeness (QED) is 0.138. The van der Waals surface area contributed by atoms with Crippen molar-refractivity contribution in [1.82, 2.24) is 9.71 Å². The van der Waals surface area contributed by atoms with Gasteiger partial charge in [-0.2, -0.15) is 16.8 Å². The number of thioether (sulfide) groups is 1. The van der Waals surface area contributed by atoms with Gasteiger partial charge in [-0.15, -0.1) is 11.3 Å². The first-order valence-electron chi connectivity index (χ1n) is 7.15. The van der Waals surface area contributed by atoms with Gasteiger partial charge in [0.15, 0.2) is 5.96 Å². The normalized spacial score (nSPS) is 10.6. The summed E-state index contributed by atoms with van der Waals surface area (Å²) >= 11 is 2.79. The first-order chi connectivity index (χ1) is 12.9. The van der Waals surface area contributed by atoms with Gasteiger partial charge in [-0.3, -0.25) is 9.52 Å². The highest BCUT2D eigenvalue weighted by Gasteiger charge is 2.08. The van der Waals surface area contributed by atoms with E-state index in [0.717, 1.165) is 11.9 Å². The van der Waals surface area contributed by atoms with E-state index in [1.807, 2.05) is 10.1 Å². The molecule has 0 fully saturated rings. The largest absolute Gasteiger partial charge is 0.478 e. The molecule has 15 heteroatoms. The third kappa shape index (κ3) is 15.6. The van der Waals surface area contributed by atoms with E-state index >= 15 is 0 Å². The fourth-order valence-corrected chi connectivity index (χ4v) is 3.42. The third-order valence-corrected chi connectivity index (χ3v) is 4.53. The van der Waals surface area contributed by atoms with E-state index in [-0.39, 0.29) is 12.4 Å². The molecule has 0 aromatic carbocycles. The number of aliphatic carboxylic acids is 2. The Bertz CT molecular complexity index is 828. The van der Waals surface area contributed by atoms with E-state index in [4.69, 9.17) is 21.7 Å². The van der Waals surface area contributed by atoms with Crippen LogP contribution in [0.3, 0.4) is 0 Å². The molecule has 1 amide bonds.